The number of aromatic amines is 1. The van der Waals surface area contributed by atoms with Gasteiger partial charge in [0.05, 0.1) is 0 Å². The molecule has 24 heavy (non-hydrogen) atoms. The van der Waals surface area contributed by atoms with Gasteiger partial charge in [0.15, 0.2) is 6.10 Å². The second kappa shape index (κ2) is 6.77. The number of H-pyrrole nitrogens is 1. The number of anilines is 2. The molecule has 1 aliphatic heterocycles. The predicted molar refractivity (Wildman–Crippen MR) is 90.9 cm³/mol. The number of amides is 1. The number of nitrogens with two attached hydrogens (primary N) is 1. The fourth-order valence-electron chi connectivity index (χ4n) is 2.72. The quantitative estimate of drug-likeness (QED) is 0.860. The van der Waals surface area contributed by atoms with Gasteiger partial charge in [-0.1, -0.05) is 18.2 Å². The molecule has 1 aromatic heterocycles. The Morgan fingerprint density at radius 3 is 2.62 bits per heavy atom. The van der Waals surface area contributed by atoms with Crippen molar-refractivity contribution >= 4 is 17.8 Å². The summed E-state index contributed by atoms with van der Waals surface area (Å²) in [6.07, 6.45) is -0.517. The molecule has 1 unspecified atom stereocenters. The summed E-state index contributed by atoms with van der Waals surface area (Å²) in [4.78, 5) is 20.5. The highest BCUT2D eigenvalue weighted by atomic mass is 16.5. The third-order valence-electron chi connectivity index (χ3n) is 4.11. The van der Waals surface area contributed by atoms with Gasteiger partial charge in [0.1, 0.15) is 5.75 Å². The van der Waals surface area contributed by atoms with Crippen molar-refractivity contribution < 1.29 is 9.53 Å². The van der Waals surface area contributed by atoms with Crippen LogP contribution in [0.4, 0.5) is 11.9 Å². The first-order chi connectivity index (χ1) is 11.5. The van der Waals surface area contributed by atoms with Crippen LogP contribution in [0.1, 0.15) is 12.5 Å². The van der Waals surface area contributed by atoms with Gasteiger partial charge in [0, 0.05) is 26.2 Å². The molecule has 3 N–H and O–H groups in total. The average molecular weight is 330 g/mol. The van der Waals surface area contributed by atoms with Gasteiger partial charge in [-0.2, -0.15) is 4.98 Å². The number of carbonyl (C=O) groups excluding carboxylic acids is 1. The van der Waals surface area contributed by atoms with E-state index in [1.54, 1.807) is 6.92 Å². The molecule has 8 nitrogen and oxygen atoms in total. The monoisotopic (exact) mass is 330 g/mol. The third kappa shape index (κ3) is 3.42. The second-order valence-corrected chi connectivity index (χ2v) is 5.86. The summed E-state index contributed by atoms with van der Waals surface area (Å²) in [6, 6.07) is 7.70. The molecule has 1 amide bonds. The van der Waals surface area contributed by atoms with Crippen molar-refractivity contribution in [2.24, 2.45) is 0 Å². The number of nitrogens with zero attached hydrogens (tertiary/aromatic N) is 4. The molecule has 8 heteroatoms. The highest BCUT2D eigenvalue weighted by Gasteiger charge is 2.27. The van der Waals surface area contributed by atoms with Crippen LogP contribution < -0.4 is 15.4 Å². The summed E-state index contributed by atoms with van der Waals surface area (Å²) in [6.45, 7) is 6.30. The van der Waals surface area contributed by atoms with E-state index in [-0.39, 0.29) is 5.91 Å². The van der Waals surface area contributed by atoms with Gasteiger partial charge in [0.2, 0.25) is 11.9 Å². The van der Waals surface area contributed by atoms with Gasteiger partial charge < -0.3 is 20.3 Å². The van der Waals surface area contributed by atoms with Crippen LogP contribution >= 0.6 is 0 Å². The zero-order chi connectivity index (χ0) is 17.1. The minimum absolute atomic E-state index is 0.00703. The Labute approximate surface area is 140 Å². The summed E-state index contributed by atoms with van der Waals surface area (Å²) in [5.74, 6) is 1.60. The normalized spacial score (nSPS) is 16.1. The highest BCUT2D eigenvalue weighted by Crippen LogP contribution is 2.19. The molecule has 2 heterocycles. The minimum atomic E-state index is -0.517. The maximum Gasteiger partial charge on any atom is 0.263 e. The van der Waals surface area contributed by atoms with Crippen molar-refractivity contribution in [2.75, 3.05) is 36.8 Å². The number of piperazine rings is 1. The van der Waals surface area contributed by atoms with E-state index < -0.39 is 6.10 Å². The van der Waals surface area contributed by atoms with Crippen molar-refractivity contribution in [2.45, 2.75) is 20.0 Å². The Morgan fingerprint density at radius 2 is 2.00 bits per heavy atom. The highest BCUT2D eigenvalue weighted by molar-refractivity contribution is 5.81. The Balaban J connectivity index is 1.55. The van der Waals surface area contributed by atoms with E-state index in [4.69, 9.17) is 10.5 Å². The molecule has 3 rings (SSSR count). The van der Waals surface area contributed by atoms with E-state index in [9.17, 15) is 4.79 Å². The van der Waals surface area contributed by atoms with Crippen LogP contribution in [0, 0.1) is 6.92 Å². The number of nitrogen functional groups attached to an aromatic ring is 1. The molecule has 0 spiro atoms. The van der Waals surface area contributed by atoms with E-state index in [1.807, 2.05) is 41.0 Å². The molecule has 1 atom stereocenters. The third-order valence-corrected chi connectivity index (χ3v) is 4.11. The van der Waals surface area contributed by atoms with Gasteiger partial charge in [-0.15, -0.1) is 5.10 Å². The largest absolute Gasteiger partial charge is 0.481 e. The molecule has 128 valence electrons. The number of rotatable bonds is 4. The molecular formula is C16H22N6O2. The van der Waals surface area contributed by atoms with Crippen molar-refractivity contribution in [1.29, 1.82) is 0 Å². The van der Waals surface area contributed by atoms with Crippen LogP contribution in [0.25, 0.3) is 0 Å². The zero-order valence-electron chi connectivity index (χ0n) is 13.9. The van der Waals surface area contributed by atoms with Crippen molar-refractivity contribution in [1.82, 2.24) is 20.1 Å². The number of para-hydroxylation sites is 1. The first-order valence-electron chi connectivity index (χ1n) is 7.98. The summed E-state index contributed by atoms with van der Waals surface area (Å²) < 4.78 is 5.82. The number of hydrogen-bond donors (Lipinski definition) is 2. The molecule has 0 bridgehead atoms. The predicted octanol–water partition coefficient (Wildman–Crippen LogP) is 0.811. The van der Waals surface area contributed by atoms with Crippen LogP contribution in [0.2, 0.25) is 0 Å². The van der Waals surface area contributed by atoms with Crippen LogP contribution in [0.3, 0.4) is 0 Å². The maximum atomic E-state index is 12.6. The van der Waals surface area contributed by atoms with Gasteiger partial charge in [0.25, 0.3) is 5.91 Å². The van der Waals surface area contributed by atoms with E-state index in [0.29, 0.717) is 38.1 Å². The Morgan fingerprint density at radius 1 is 1.29 bits per heavy atom. The second-order valence-electron chi connectivity index (χ2n) is 5.86. The number of benzene rings is 1. The summed E-state index contributed by atoms with van der Waals surface area (Å²) in [7, 11) is 0. The first kappa shape index (κ1) is 16.1. The first-order valence-corrected chi connectivity index (χ1v) is 7.98. The van der Waals surface area contributed by atoms with Crippen molar-refractivity contribution in [3.8, 4) is 5.75 Å². The average Bonchev–Trinajstić information content (AvgIpc) is 3.03. The Hall–Kier alpha value is -2.77. The SMILES string of the molecule is Cc1ccccc1OC(C)C(=O)N1CCN(c2n[nH]c(N)n2)CC1. The number of hydrogen-bond acceptors (Lipinski definition) is 6. The molecule has 1 saturated heterocycles. The van der Waals surface area contributed by atoms with E-state index in [2.05, 4.69) is 15.2 Å². The standard InChI is InChI=1S/C16H22N6O2/c1-11-5-3-4-6-13(11)24-12(2)14(23)21-7-9-22(10-8-21)16-18-15(17)19-20-16/h3-6,12H,7-10H2,1-2H3,(H3,17,18,19,20). The minimum Gasteiger partial charge on any atom is -0.481 e. The van der Waals surface area contributed by atoms with Crippen LogP contribution in [-0.2, 0) is 4.79 Å². The van der Waals surface area contributed by atoms with Crippen LogP contribution in [0.5, 0.6) is 5.75 Å². The lowest BCUT2D eigenvalue weighted by molar-refractivity contribution is -0.138. The number of carbonyl (C=O) groups is 1. The van der Waals surface area contributed by atoms with Crippen LogP contribution in [-0.4, -0.2) is 58.3 Å². The molecular weight excluding hydrogens is 308 g/mol. The topological polar surface area (TPSA) is 100 Å². The smallest absolute Gasteiger partial charge is 0.263 e. The van der Waals surface area contributed by atoms with E-state index in [1.165, 1.54) is 0 Å². The molecule has 1 aliphatic rings. The number of nitrogens with one attached hydrogen (secondary N) is 1. The fraction of sp³-hybridized carbons (Fsp3) is 0.438. The molecule has 0 radical (unpaired) electrons. The molecule has 1 aromatic carbocycles. The summed E-state index contributed by atoms with van der Waals surface area (Å²) >= 11 is 0. The Bertz CT molecular complexity index is 708. The number of ether oxygens (including phenoxy) is 1. The van der Waals surface area contributed by atoms with Crippen LogP contribution in [0.15, 0.2) is 24.3 Å². The van der Waals surface area contributed by atoms with Gasteiger partial charge >= 0.3 is 0 Å². The summed E-state index contributed by atoms with van der Waals surface area (Å²) in [5, 5.41) is 6.67. The lowest BCUT2D eigenvalue weighted by atomic mass is 10.2. The maximum absolute atomic E-state index is 12.6. The van der Waals surface area contributed by atoms with E-state index in [0.717, 1.165) is 11.3 Å². The lowest BCUT2D eigenvalue weighted by Gasteiger charge is -2.35. The fourth-order valence-corrected chi connectivity index (χ4v) is 2.72. The zero-order valence-corrected chi connectivity index (χ0v) is 13.9. The summed E-state index contributed by atoms with van der Waals surface area (Å²) in [5.41, 5.74) is 6.57. The van der Waals surface area contributed by atoms with Crippen molar-refractivity contribution in [3.05, 3.63) is 29.8 Å². The molecule has 0 aliphatic carbocycles. The molecule has 1 fully saturated rings. The van der Waals surface area contributed by atoms with Gasteiger partial charge in [-0.25, -0.2) is 5.10 Å². The van der Waals surface area contributed by atoms with Crippen molar-refractivity contribution in [3.63, 3.8) is 0 Å². The van der Waals surface area contributed by atoms with Gasteiger partial charge in [-0.3, -0.25) is 4.79 Å². The molecule has 2 aromatic rings. The van der Waals surface area contributed by atoms with Gasteiger partial charge in [-0.05, 0) is 25.5 Å². The lowest BCUT2D eigenvalue weighted by Crippen LogP contribution is -2.52. The number of aromatic nitrogens is 3. The molecule has 0 saturated carbocycles. The van der Waals surface area contributed by atoms with E-state index >= 15 is 0 Å². The Kier molecular flexibility index (Phi) is 4.54. The number of aryl methyl sites for hydroxylation is 1.